The van der Waals surface area contributed by atoms with Gasteiger partial charge in [-0.05, 0) is 42.6 Å². The minimum Gasteiger partial charge on any atom is -0.472 e. The first kappa shape index (κ1) is 14.8. The quantitative estimate of drug-likeness (QED) is 0.730. The molecule has 4 nitrogen and oxygen atoms in total. The average molecular weight is 328 g/mol. The van der Waals surface area contributed by atoms with Crippen LogP contribution >= 0.6 is 0 Å². The fraction of sp³-hybridized carbons (Fsp3) is 0.650. The molecule has 0 aromatic carbocycles. The Bertz CT molecular complexity index is 720. The second-order valence-electron chi connectivity index (χ2n) is 8.50. The van der Waals surface area contributed by atoms with E-state index in [-0.39, 0.29) is 35.1 Å². The smallest absolute Gasteiger partial charge is 0.334 e. The van der Waals surface area contributed by atoms with E-state index in [4.69, 9.17) is 13.9 Å². The van der Waals surface area contributed by atoms with Crippen LogP contribution in [0.2, 0.25) is 0 Å². The van der Waals surface area contributed by atoms with Gasteiger partial charge in [-0.15, -0.1) is 0 Å². The van der Waals surface area contributed by atoms with E-state index in [0.717, 1.165) is 30.4 Å². The molecule has 1 aromatic rings. The normalized spacial score (nSPS) is 49.4. The van der Waals surface area contributed by atoms with Gasteiger partial charge >= 0.3 is 5.97 Å². The van der Waals surface area contributed by atoms with Crippen LogP contribution in [-0.4, -0.2) is 18.2 Å². The van der Waals surface area contributed by atoms with Gasteiger partial charge in [0.15, 0.2) is 0 Å². The van der Waals surface area contributed by atoms with Crippen molar-refractivity contribution in [2.75, 3.05) is 0 Å². The monoisotopic (exact) mass is 328 g/mol. The van der Waals surface area contributed by atoms with E-state index in [2.05, 4.69) is 26.8 Å². The second-order valence-corrected chi connectivity index (χ2v) is 8.50. The molecule has 3 fully saturated rings. The molecule has 0 amide bonds. The zero-order valence-corrected chi connectivity index (χ0v) is 14.5. The summed E-state index contributed by atoms with van der Waals surface area (Å²) >= 11 is 0. The maximum Gasteiger partial charge on any atom is 0.334 e. The molecule has 0 spiro atoms. The zero-order valence-electron chi connectivity index (χ0n) is 14.5. The van der Waals surface area contributed by atoms with Gasteiger partial charge in [0, 0.05) is 16.6 Å². The van der Waals surface area contributed by atoms with Crippen molar-refractivity contribution in [1.29, 1.82) is 0 Å². The van der Waals surface area contributed by atoms with E-state index in [1.54, 1.807) is 12.5 Å². The van der Waals surface area contributed by atoms with Gasteiger partial charge in [-0.1, -0.05) is 26.8 Å². The molecule has 128 valence electrons. The number of hydrogen-bond acceptors (Lipinski definition) is 4. The van der Waals surface area contributed by atoms with E-state index < -0.39 is 0 Å². The van der Waals surface area contributed by atoms with Crippen LogP contribution in [0.3, 0.4) is 0 Å². The van der Waals surface area contributed by atoms with Gasteiger partial charge in [0.1, 0.15) is 6.10 Å². The van der Waals surface area contributed by atoms with Crippen LogP contribution in [0.1, 0.15) is 51.7 Å². The van der Waals surface area contributed by atoms with Crippen LogP contribution in [0.5, 0.6) is 0 Å². The molecular formula is C20H24O4. The highest BCUT2D eigenvalue weighted by Crippen LogP contribution is 2.68. The van der Waals surface area contributed by atoms with Crippen molar-refractivity contribution in [1.82, 2.24) is 0 Å². The molecule has 2 bridgehead atoms. The summed E-state index contributed by atoms with van der Waals surface area (Å²) in [7, 11) is 0. The number of esters is 1. The first-order valence-corrected chi connectivity index (χ1v) is 9.05. The highest BCUT2D eigenvalue weighted by atomic mass is 16.6. The molecule has 2 aliphatic heterocycles. The summed E-state index contributed by atoms with van der Waals surface area (Å²) in [5.41, 5.74) is 1.92. The summed E-state index contributed by atoms with van der Waals surface area (Å²) in [5, 5.41) is 0. The maximum atomic E-state index is 12.5. The topological polar surface area (TPSA) is 48.7 Å². The van der Waals surface area contributed by atoms with Crippen molar-refractivity contribution in [3.8, 4) is 0 Å². The van der Waals surface area contributed by atoms with Crippen LogP contribution in [-0.2, 0) is 14.3 Å². The fourth-order valence-corrected chi connectivity index (χ4v) is 6.24. The van der Waals surface area contributed by atoms with Crippen molar-refractivity contribution in [3.05, 3.63) is 35.8 Å². The molecule has 0 N–H and O–H groups in total. The number of carbonyl (C=O) groups excluding carboxylic acids is 1. The largest absolute Gasteiger partial charge is 0.472 e. The summed E-state index contributed by atoms with van der Waals surface area (Å²) in [6.45, 7) is 6.91. The minimum atomic E-state index is -0.206. The van der Waals surface area contributed by atoms with Crippen LogP contribution in [0.25, 0.3) is 0 Å². The summed E-state index contributed by atoms with van der Waals surface area (Å²) in [6.07, 6.45) is 8.47. The lowest BCUT2D eigenvalue weighted by Crippen LogP contribution is -2.64. The molecule has 4 heteroatoms. The first-order chi connectivity index (χ1) is 11.5. The Hall–Kier alpha value is -1.55. The van der Waals surface area contributed by atoms with E-state index in [0.29, 0.717) is 11.8 Å². The zero-order chi connectivity index (χ0) is 16.7. The van der Waals surface area contributed by atoms with Crippen LogP contribution in [0.15, 0.2) is 34.7 Å². The predicted octanol–water partition coefficient (Wildman–Crippen LogP) is 4.03. The standard InChI is InChI=1S/C20H24O4/c1-11-16-17-20(3)13(18(21)24-17)5-4-6-15(20)19(11,2)9-14(23-16)12-7-8-22-10-12/h5,7-8,10-11,14-17H,4,6,9H2,1-3H3/t11-,14-,15+,16-,17+,19+,20-/m0/s1. The van der Waals surface area contributed by atoms with Crippen LogP contribution in [0.4, 0.5) is 0 Å². The first-order valence-electron chi connectivity index (χ1n) is 9.05. The molecule has 5 rings (SSSR count). The van der Waals surface area contributed by atoms with Gasteiger partial charge in [0.05, 0.1) is 24.7 Å². The van der Waals surface area contributed by atoms with Crippen molar-refractivity contribution < 1.29 is 18.7 Å². The number of furan rings is 1. The van der Waals surface area contributed by atoms with Gasteiger partial charge in [-0.2, -0.15) is 0 Å². The SMILES string of the molecule is C[C@H]1[C@@H]2O[C@H](c3ccoc3)C[C@@]1(C)[C@H]1CCC=C3C(=O)O[C@H]2[C@@]31C. The highest BCUT2D eigenvalue weighted by Gasteiger charge is 2.70. The Morgan fingerprint density at radius 2 is 2.12 bits per heavy atom. The molecule has 3 heterocycles. The summed E-state index contributed by atoms with van der Waals surface area (Å²) in [4.78, 5) is 12.5. The van der Waals surface area contributed by atoms with E-state index in [1.165, 1.54) is 0 Å². The number of carbonyl (C=O) groups is 1. The van der Waals surface area contributed by atoms with Crippen LogP contribution < -0.4 is 0 Å². The van der Waals surface area contributed by atoms with Crippen molar-refractivity contribution in [2.24, 2.45) is 22.7 Å². The van der Waals surface area contributed by atoms with Crippen molar-refractivity contribution in [2.45, 2.75) is 58.3 Å². The molecular weight excluding hydrogens is 304 g/mol. The van der Waals surface area contributed by atoms with Gasteiger partial charge in [-0.3, -0.25) is 0 Å². The summed E-state index contributed by atoms with van der Waals surface area (Å²) in [6, 6.07) is 1.99. The van der Waals surface area contributed by atoms with Gasteiger partial charge in [-0.25, -0.2) is 4.79 Å². The van der Waals surface area contributed by atoms with Crippen LogP contribution in [0, 0.1) is 22.7 Å². The van der Waals surface area contributed by atoms with E-state index in [9.17, 15) is 4.79 Å². The number of allylic oxidation sites excluding steroid dienone is 1. The van der Waals surface area contributed by atoms with Gasteiger partial charge in [0.2, 0.25) is 0 Å². The second kappa shape index (κ2) is 4.54. The Morgan fingerprint density at radius 1 is 1.29 bits per heavy atom. The van der Waals surface area contributed by atoms with Crippen molar-refractivity contribution >= 4 is 5.97 Å². The molecule has 1 aromatic heterocycles. The number of rotatable bonds is 1. The maximum absolute atomic E-state index is 12.5. The Labute approximate surface area is 142 Å². The number of ether oxygens (including phenoxy) is 2. The summed E-state index contributed by atoms with van der Waals surface area (Å²) < 4.78 is 17.7. The molecule has 0 unspecified atom stereocenters. The third-order valence-electron chi connectivity index (χ3n) is 7.64. The molecule has 24 heavy (non-hydrogen) atoms. The molecule has 1 saturated carbocycles. The number of hydrogen-bond donors (Lipinski definition) is 0. The Morgan fingerprint density at radius 3 is 2.88 bits per heavy atom. The van der Waals surface area contributed by atoms with Gasteiger partial charge in [0.25, 0.3) is 0 Å². The Kier molecular flexibility index (Phi) is 2.79. The predicted molar refractivity (Wildman–Crippen MR) is 87.0 cm³/mol. The molecule has 2 saturated heterocycles. The van der Waals surface area contributed by atoms with Gasteiger partial charge < -0.3 is 13.9 Å². The van der Waals surface area contributed by atoms with E-state index in [1.807, 2.05) is 6.07 Å². The molecule has 2 aliphatic carbocycles. The lowest BCUT2D eigenvalue weighted by atomic mass is 9.44. The lowest BCUT2D eigenvalue weighted by molar-refractivity contribution is -0.256. The molecule has 4 aliphatic rings. The highest BCUT2D eigenvalue weighted by molar-refractivity contribution is 5.93. The fourth-order valence-electron chi connectivity index (χ4n) is 6.24. The lowest BCUT2D eigenvalue weighted by Gasteiger charge is -2.63. The third kappa shape index (κ3) is 1.56. The molecule has 7 atom stereocenters. The Balaban J connectivity index is 1.64. The van der Waals surface area contributed by atoms with E-state index >= 15 is 0 Å². The van der Waals surface area contributed by atoms with Crippen molar-refractivity contribution in [3.63, 3.8) is 0 Å². The average Bonchev–Trinajstić information content (AvgIpc) is 3.16. The minimum absolute atomic E-state index is 0.0214. The molecule has 0 radical (unpaired) electrons. The number of fused-ring (bicyclic) bond motifs is 4. The summed E-state index contributed by atoms with van der Waals surface area (Å²) in [5.74, 6) is 0.694. The third-order valence-corrected chi connectivity index (χ3v) is 7.64.